The third-order valence-corrected chi connectivity index (χ3v) is 5.83. The number of carbonyl (C=O) groups is 1. The summed E-state index contributed by atoms with van der Waals surface area (Å²) in [6.45, 7) is 2.15. The Kier molecular flexibility index (Phi) is 5.84. The summed E-state index contributed by atoms with van der Waals surface area (Å²) in [5.74, 6) is 5.79. The number of nitrogens with zero attached hydrogens (tertiary/aromatic N) is 5. The third-order valence-electron chi connectivity index (χ3n) is 4.90. The summed E-state index contributed by atoms with van der Waals surface area (Å²) >= 11 is 1.17. The first-order chi connectivity index (χ1) is 14.5. The number of anilines is 1. The van der Waals surface area contributed by atoms with E-state index in [4.69, 9.17) is 5.84 Å². The van der Waals surface area contributed by atoms with E-state index in [1.165, 1.54) is 34.6 Å². The largest absolute Gasteiger partial charge is 0.366 e. The van der Waals surface area contributed by atoms with Gasteiger partial charge in [-0.25, -0.2) is 13.5 Å². The monoisotopic (exact) mass is 430 g/mol. The van der Waals surface area contributed by atoms with E-state index in [1.807, 2.05) is 4.90 Å². The van der Waals surface area contributed by atoms with Gasteiger partial charge in [0.2, 0.25) is 11.1 Å². The number of rotatable bonds is 5. The van der Waals surface area contributed by atoms with Gasteiger partial charge in [-0.05, 0) is 24.3 Å². The van der Waals surface area contributed by atoms with E-state index >= 15 is 0 Å². The van der Waals surface area contributed by atoms with Crippen LogP contribution in [-0.2, 0) is 4.79 Å². The second kappa shape index (κ2) is 8.70. The number of amides is 1. The van der Waals surface area contributed by atoms with Gasteiger partial charge >= 0.3 is 0 Å². The van der Waals surface area contributed by atoms with E-state index in [-0.39, 0.29) is 17.5 Å². The number of thioether (sulfide) groups is 1. The fraction of sp³-hybridized carbons (Fsp3) is 0.250. The minimum absolute atomic E-state index is 0.0523. The Morgan fingerprint density at radius 2 is 1.80 bits per heavy atom. The number of piperazine rings is 1. The standard InChI is InChI=1S/C20H20F2N6OS/c21-15-5-3-4-14(12-15)19-24-25-20(28(19)23)30-13-18(29)27-10-8-26(9-11-27)17-7-2-1-6-16(17)22/h1-7,12H,8-11,13,23H2. The van der Waals surface area contributed by atoms with Crippen molar-refractivity contribution in [3.8, 4) is 11.4 Å². The molecule has 0 saturated carbocycles. The Hall–Kier alpha value is -3.14. The van der Waals surface area contributed by atoms with Crippen LogP contribution in [0.2, 0.25) is 0 Å². The molecule has 2 N–H and O–H groups in total. The lowest BCUT2D eigenvalue weighted by molar-refractivity contribution is -0.128. The van der Waals surface area contributed by atoms with Crippen LogP contribution < -0.4 is 10.7 Å². The van der Waals surface area contributed by atoms with Crippen molar-refractivity contribution in [2.24, 2.45) is 0 Å². The molecule has 0 spiro atoms. The number of aromatic nitrogens is 3. The lowest BCUT2D eigenvalue weighted by Crippen LogP contribution is -2.49. The van der Waals surface area contributed by atoms with E-state index in [9.17, 15) is 13.6 Å². The molecule has 1 aliphatic heterocycles. The average Bonchev–Trinajstić information content (AvgIpc) is 3.13. The van der Waals surface area contributed by atoms with Crippen molar-refractivity contribution < 1.29 is 13.6 Å². The van der Waals surface area contributed by atoms with Crippen LogP contribution >= 0.6 is 11.8 Å². The summed E-state index contributed by atoms with van der Waals surface area (Å²) in [7, 11) is 0. The normalized spacial score (nSPS) is 14.2. The summed E-state index contributed by atoms with van der Waals surface area (Å²) in [6.07, 6.45) is 0. The minimum Gasteiger partial charge on any atom is -0.366 e. The highest BCUT2D eigenvalue weighted by Crippen LogP contribution is 2.23. The highest BCUT2D eigenvalue weighted by Gasteiger charge is 2.23. The molecule has 3 aromatic rings. The van der Waals surface area contributed by atoms with Crippen molar-refractivity contribution in [1.29, 1.82) is 0 Å². The number of nitrogen functional groups attached to an aromatic ring is 1. The van der Waals surface area contributed by atoms with Crippen LogP contribution in [0.5, 0.6) is 0 Å². The zero-order chi connectivity index (χ0) is 21.1. The predicted molar refractivity (Wildman–Crippen MR) is 111 cm³/mol. The van der Waals surface area contributed by atoms with Crippen molar-refractivity contribution in [2.75, 3.05) is 42.7 Å². The van der Waals surface area contributed by atoms with E-state index in [0.29, 0.717) is 48.4 Å². The molecule has 0 atom stereocenters. The first kappa shape index (κ1) is 20.1. The topological polar surface area (TPSA) is 80.3 Å². The van der Waals surface area contributed by atoms with Gasteiger partial charge < -0.3 is 15.6 Å². The lowest BCUT2D eigenvalue weighted by Gasteiger charge is -2.36. The molecule has 2 heterocycles. The van der Waals surface area contributed by atoms with Crippen molar-refractivity contribution in [1.82, 2.24) is 19.8 Å². The second-order valence-corrected chi connectivity index (χ2v) is 7.74. The Bertz CT molecular complexity index is 1050. The molecule has 1 amide bonds. The zero-order valence-electron chi connectivity index (χ0n) is 16.0. The Balaban J connectivity index is 1.33. The van der Waals surface area contributed by atoms with Crippen LogP contribution in [0.4, 0.5) is 14.5 Å². The Morgan fingerprint density at radius 3 is 2.53 bits per heavy atom. The maximum absolute atomic E-state index is 13.9. The van der Waals surface area contributed by atoms with Gasteiger partial charge in [-0.15, -0.1) is 10.2 Å². The third kappa shape index (κ3) is 4.23. The molecule has 1 aliphatic rings. The van der Waals surface area contributed by atoms with Crippen LogP contribution in [-0.4, -0.2) is 57.6 Å². The molecule has 7 nitrogen and oxygen atoms in total. The van der Waals surface area contributed by atoms with E-state index < -0.39 is 5.82 Å². The molecule has 4 rings (SSSR count). The van der Waals surface area contributed by atoms with E-state index in [0.717, 1.165) is 0 Å². The van der Waals surface area contributed by atoms with Gasteiger partial charge in [0.1, 0.15) is 11.6 Å². The molecule has 1 saturated heterocycles. The van der Waals surface area contributed by atoms with Gasteiger partial charge in [0.15, 0.2) is 5.82 Å². The first-order valence-corrected chi connectivity index (χ1v) is 10.4. The predicted octanol–water partition coefficient (Wildman–Crippen LogP) is 2.38. The summed E-state index contributed by atoms with van der Waals surface area (Å²) in [5, 5.41) is 8.38. The van der Waals surface area contributed by atoms with Gasteiger partial charge in [-0.2, -0.15) is 0 Å². The number of carbonyl (C=O) groups excluding carboxylic acids is 1. The number of nitrogens with two attached hydrogens (primary N) is 1. The highest BCUT2D eigenvalue weighted by atomic mass is 32.2. The summed E-state index contributed by atoms with van der Waals surface area (Å²) in [5.41, 5.74) is 1.06. The molecule has 2 aromatic carbocycles. The average molecular weight is 430 g/mol. The summed E-state index contributed by atoms with van der Waals surface area (Å²) in [6, 6.07) is 12.5. The van der Waals surface area contributed by atoms with Crippen LogP contribution in [0.15, 0.2) is 53.7 Å². The number of hydrogen-bond acceptors (Lipinski definition) is 6. The smallest absolute Gasteiger partial charge is 0.233 e. The van der Waals surface area contributed by atoms with Gasteiger partial charge in [0.25, 0.3) is 0 Å². The Labute approximate surface area is 176 Å². The highest BCUT2D eigenvalue weighted by molar-refractivity contribution is 7.99. The first-order valence-electron chi connectivity index (χ1n) is 9.39. The van der Waals surface area contributed by atoms with Gasteiger partial charge in [-0.3, -0.25) is 4.79 Å². The maximum Gasteiger partial charge on any atom is 0.233 e. The van der Waals surface area contributed by atoms with Crippen LogP contribution in [0.1, 0.15) is 0 Å². The second-order valence-electron chi connectivity index (χ2n) is 6.79. The van der Waals surface area contributed by atoms with E-state index in [1.54, 1.807) is 35.2 Å². The SMILES string of the molecule is Nn1c(SCC(=O)N2CCN(c3ccccc3F)CC2)nnc1-c1cccc(F)c1. The lowest BCUT2D eigenvalue weighted by atomic mass is 10.2. The minimum atomic E-state index is -0.394. The summed E-state index contributed by atoms with van der Waals surface area (Å²) < 4.78 is 28.6. The fourth-order valence-corrected chi connectivity index (χ4v) is 4.08. The van der Waals surface area contributed by atoms with Crippen molar-refractivity contribution in [3.63, 3.8) is 0 Å². The number of hydrogen-bond donors (Lipinski definition) is 1. The van der Waals surface area contributed by atoms with Gasteiger partial charge in [0, 0.05) is 31.7 Å². The molecular weight excluding hydrogens is 410 g/mol. The number of halogens is 2. The molecule has 1 fully saturated rings. The molecule has 156 valence electrons. The maximum atomic E-state index is 13.9. The van der Waals surface area contributed by atoms with Gasteiger partial charge in [0.05, 0.1) is 11.4 Å². The fourth-order valence-electron chi connectivity index (χ4n) is 3.32. The molecule has 10 heteroatoms. The molecule has 0 unspecified atom stereocenters. The van der Waals surface area contributed by atoms with Crippen molar-refractivity contribution in [3.05, 3.63) is 60.2 Å². The summed E-state index contributed by atoms with van der Waals surface area (Å²) in [4.78, 5) is 16.3. The van der Waals surface area contributed by atoms with Crippen molar-refractivity contribution in [2.45, 2.75) is 5.16 Å². The zero-order valence-corrected chi connectivity index (χ0v) is 16.9. The molecule has 0 radical (unpaired) electrons. The molecule has 0 aliphatic carbocycles. The van der Waals surface area contributed by atoms with Crippen LogP contribution in [0, 0.1) is 11.6 Å². The van der Waals surface area contributed by atoms with Crippen molar-refractivity contribution >= 4 is 23.4 Å². The van der Waals surface area contributed by atoms with Crippen LogP contribution in [0.25, 0.3) is 11.4 Å². The number of benzene rings is 2. The Morgan fingerprint density at radius 1 is 1.03 bits per heavy atom. The van der Waals surface area contributed by atoms with Gasteiger partial charge in [-0.1, -0.05) is 36.0 Å². The molecule has 1 aromatic heterocycles. The van der Waals surface area contributed by atoms with Crippen LogP contribution in [0.3, 0.4) is 0 Å². The molecule has 0 bridgehead atoms. The quantitative estimate of drug-likeness (QED) is 0.495. The molecule has 30 heavy (non-hydrogen) atoms. The number of para-hydroxylation sites is 1. The van der Waals surface area contributed by atoms with E-state index in [2.05, 4.69) is 10.2 Å². The molecular formula is C20H20F2N6OS.